The number of fused-ring (bicyclic) bond motifs is 4. The van der Waals surface area contributed by atoms with E-state index in [1.807, 2.05) is 0 Å². The van der Waals surface area contributed by atoms with Crippen molar-refractivity contribution in [3.63, 3.8) is 0 Å². The van der Waals surface area contributed by atoms with Crippen LogP contribution in [0.4, 0.5) is 0 Å². The molecule has 5 aromatic rings. The van der Waals surface area contributed by atoms with Crippen molar-refractivity contribution in [2.75, 3.05) is 6.61 Å². The van der Waals surface area contributed by atoms with E-state index in [0.29, 0.717) is 5.75 Å². The van der Waals surface area contributed by atoms with Gasteiger partial charge in [-0.2, -0.15) is 0 Å². The second-order valence-corrected chi connectivity index (χ2v) is 10.9. The van der Waals surface area contributed by atoms with Gasteiger partial charge < -0.3 is 4.74 Å². The number of Topliss-reactive ketones (excluding diaryl/α,β-unsaturated/α-hetero) is 1. The van der Waals surface area contributed by atoms with Gasteiger partial charge in [-0.3, -0.25) is 4.79 Å². The van der Waals surface area contributed by atoms with Crippen LogP contribution in [0.2, 0.25) is 0 Å². The summed E-state index contributed by atoms with van der Waals surface area (Å²) in [6.07, 6.45) is 0. The van der Waals surface area contributed by atoms with Crippen LogP contribution in [-0.4, -0.2) is 12.4 Å². The Morgan fingerprint density at radius 3 is 2.19 bits per heavy atom. The molecule has 0 spiro atoms. The van der Waals surface area contributed by atoms with E-state index < -0.39 is 0 Å². The molecule has 1 aromatic heterocycles. The molecule has 0 bridgehead atoms. The standard InChI is InChI=1S/C25H15Br3O2S/c1-13(29)12-30-24-18(26)10-14(11-19(24)27)21-15-6-2-3-7-16(15)23(28)25-22(21)17-8-4-5-9-20(17)31-25/h2-11H,12H2,1H3. The number of rotatable bonds is 4. The van der Waals surface area contributed by atoms with Gasteiger partial charge in [0.25, 0.3) is 0 Å². The molecule has 0 atom stereocenters. The predicted molar refractivity (Wildman–Crippen MR) is 142 cm³/mol. The third kappa shape index (κ3) is 3.63. The number of ketones is 1. The number of benzene rings is 4. The summed E-state index contributed by atoms with van der Waals surface area (Å²) >= 11 is 13.0. The highest BCUT2D eigenvalue weighted by Crippen LogP contribution is 2.49. The minimum atomic E-state index is -0.0202. The minimum absolute atomic E-state index is 0.0202. The summed E-state index contributed by atoms with van der Waals surface area (Å²) in [6.45, 7) is 1.56. The summed E-state index contributed by atoms with van der Waals surface area (Å²) in [4.78, 5) is 11.4. The summed E-state index contributed by atoms with van der Waals surface area (Å²) in [5.74, 6) is 0.611. The molecule has 31 heavy (non-hydrogen) atoms. The zero-order valence-electron chi connectivity index (χ0n) is 16.3. The molecule has 154 valence electrons. The number of carbonyl (C=O) groups excluding carboxylic acids is 1. The normalized spacial score (nSPS) is 11.5. The van der Waals surface area contributed by atoms with Crippen molar-refractivity contribution in [3.05, 3.63) is 74.1 Å². The SMILES string of the molecule is CC(=O)COc1c(Br)cc(-c2c3ccccc3c(Br)c3sc4ccccc4c23)cc1Br. The molecule has 0 aliphatic carbocycles. The van der Waals surface area contributed by atoms with Gasteiger partial charge in [0.1, 0.15) is 12.4 Å². The zero-order chi connectivity index (χ0) is 21.7. The van der Waals surface area contributed by atoms with E-state index in [0.717, 1.165) is 19.0 Å². The Kier molecular flexibility index (Phi) is 5.67. The molecule has 0 saturated heterocycles. The lowest BCUT2D eigenvalue weighted by atomic mass is 9.93. The first kappa shape index (κ1) is 21.1. The van der Waals surface area contributed by atoms with Crippen molar-refractivity contribution in [3.8, 4) is 16.9 Å². The summed E-state index contributed by atoms with van der Waals surface area (Å²) in [6, 6.07) is 21.1. The van der Waals surface area contributed by atoms with Crippen molar-refractivity contribution >= 4 is 95.9 Å². The molecule has 5 rings (SSSR count). The zero-order valence-corrected chi connectivity index (χ0v) is 21.9. The minimum Gasteiger partial charge on any atom is -0.483 e. The second kappa shape index (κ2) is 8.32. The Hall–Kier alpha value is -1.73. The lowest BCUT2D eigenvalue weighted by Crippen LogP contribution is -2.07. The maximum atomic E-state index is 11.4. The summed E-state index contributed by atoms with van der Waals surface area (Å²) in [5.41, 5.74) is 2.26. The van der Waals surface area contributed by atoms with Crippen LogP contribution in [0.1, 0.15) is 6.92 Å². The summed E-state index contributed by atoms with van der Waals surface area (Å²) < 4.78 is 10.9. The molecule has 6 heteroatoms. The van der Waals surface area contributed by atoms with Crippen molar-refractivity contribution < 1.29 is 9.53 Å². The Labute approximate surface area is 208 Å². The maximum Gasteiger partial charge on any atom is 0.167 e. The van der Waals surface area contributed by atoms with E-state index in [4.69, 9.17) is 4.74 Å². The van der Waals surface area contributed by atoms with Gasteiger partial charge in [0.15, 0.2) is 5.78 Å². The van der Waals surface area contributed by atoms with Crippen LogP contribution in [0.15, 0.2) is 74.1 Å². The fourth-order valence-corrected chi connectivity index (χ4v) is 7.28. The summed E-state index contributed by atoms with van der Waals surface area (Å²) in [5, 5.41) is 4.85. The average molecular weight is 619 g/mol. The quantitative estimate of drug-likeness (QED) is 0.201. The number of hydrogen-bond donors (Lipinski definition) is 0. The number of ether oxygens (including phenoxy) is 1. The van der Waals surface area contributed by atoms with Gasteiger partial charge in [-0.25, -0.2) is 0 Å². The Balaban J connectivity index is 1.87. The third-order valence-corrected chi connectivity index (χ3v) is 8.64. The van der Waals surface area contributed by atoms with Gasteiger partial charge in [-0.05, 0) is 94.8 Å². The molecule has 0 aliphatic rings. The highest BCUT2D eigenvalue weighted by atomic mass is 79.9. The highest BCUT2D eigenvalue weighted by Gasteiger charge is 2.20. The molecule has 0 saturated carbocycles. The largest absolute Gasteiger partial charge is 0.483 e. The lowest BCUT2D eigenvalue weighted by molar-refractivity contribution is -0.118. The first-order chi connectivity index (χ1) is 15.0. The van der Waals surface area contributed by atoms with E-state index in [1.54, 1.807) is 11.3 Å². The molecule has 0 aliphatic heterocycles. The second-order valence-electron chi connectivity index (χ2n) is 7.30. The van der Waals surface area contributed by atoms with Gasteiger partial charge in [0, 0.05) is 19.9 Å². The van der Waals surface area contributed by atoms with E-state index in [9.17, 15) is 4.79 Å². The van der Waals surface area contributed by atoms with Crippen LogP contribution >= 0.6 is 59.1 Å². The molecule has 1 heterocycles. The number of hydrogen-bond acceptors (Lipinski definition) is 3. The Morgan fingerprint density at radius 1 is 0.903 bits per heavy atom. The summed E-state index contributed by atoms with van der Waals surface area (Å²) in [7, 11) is 0. The fraction of sp³-hybridized carbons (Fsp3) is 0.0800. The van der Waals surface area contributed by atoms with E-state index in [1.165, 1.54) is 43.4 Å². The molecule has 0 N–H and O–H groups in total. The molecular formula is C25H15Br3O2S. The van der Waals surface area contributed by atoms with Crippen molar-refractivity contribution in [1.82, 2.24) is 0 Å². The predicted octanol–water partition coefficient (Wildman–Crippen LogP) is 9.13. The topological polar surface area (TPSA) is 26.3 Å². The van der Waals surface area contributed by atoms with E-state index >= 15 is 0 Å². The number of thiophene rings is 1. The van der Waals surface area contributed by atoms with Crippen LogP contribution < -0.4 is 4.74 Å². The fourth-order valence-electron chi connectivity index (χ4n) is 3.91. The van der Waals surface area contributed by atoms with Crippen molar-refractivity contribution in [2.45, 2.75) is 6.92 Å². The highest BCUT2D eigenvalue weighted by molar-refractivity contribution is 9.11. The molecule has 0 radical (unpaired) electrons. The van der Waals surface area contributed by atoms with Crippen molar-refractivity contribution in [1.29, 1.82) is 0 Å². The van der Waals surface area contributed by atoms with Crippen molar-refractivity contribution in [2.24, 2.45) is 0 Å². The first-order valence-corrected chi connectivity index (χ1v) is 12.8. The Morgan fingerprint density at radius 2 is 1.52 bits per heavy atom. The molecule has 0 fully saturated rings. The van der Waals surface area contributed by atoms with Crippen LogP contribution in [0.25, 0.3) is 42.1 Å². The maximum absolute atomic E-state index is 11.4. The lowest BCUT2D eigenvalue weighted by Gasteiger charge is -2.15. The third-order valence-electron chi connectivity index (χ3n) is 5.18. The molecule has 0 amide bonds. The van der Waals surface area contributed by atoms with Gasteiger partial charge >= 0.3 is 0 Å². The van der Waals surface area contributed by atoms with Crippen LogP contribution in [0, 0.1) is 0 Å². The van der Waals surface area contributed by atoms with Crippen LogP contribution in [0.3, 0.4) is 0 Å². The molecule has 2 nitrogen and oxygen atoms in total. The van der Waals surface area contributed by atoms with Crippen LogP contribution in [-0.2, 0) is 4.79 Å². The van der Waals surface area contributed by atoms with Gasteiger partial charge in [-0.1, -0.05) is 42.5 Å². The molecule has 0 unspecified atom stereocenters. The first-order valence-electron chi connectivity index (χ1n) is 9.59. The van der Waals surface area contributed by atoms with Crippen LogP contribution in [0.5, 0.6) is 5.75 Å². The Bertz CT molecular complexity index is 1480. The van der Waals surface area contributed by atoms with Gasteiger partial charge in [-0.15, -0.1) is 11.3 Å². The van der Waals surface area contributed by atoms with Gasteiger partial charge in [0.2, 0.25) is 0 Å². The smallest absolute Gasteiger partial charge is 0.167 e. The van der Waals surface area contributed by atoms with E-state index in [2.05, 4.69) is 108 Å². The van der Waals surface area contributed by atoms with E-state index in [-0.39, 0.29) is 12.4 Å². The number of halogens is 3. The van der Waals surface area contributed by atoms with Gasteiger partial charge in [0.05, 0.1) is 13.6 Å². The monoisotopic (exact) mass is 616 g/mol. The average Bonchev–Trinajstić information content (AvgIpc) is 3.13. The number of carbonyl (C=O) groups is 1. The molecule has 4 aromatic carbocycles. The molecular weight excluding hydrogens is 604 g/mol.